The van der Waals surface area contributed by atoms with Crippen LogP contribution in [0.15, 0.2) is 48.7 Å². The van der Waals surface area contributed by atoms with E-state index in [0.717, 1.165) is 29.5 Å². The molecule has 0 saturated carbocycles. The standard InChI is InChI=1S/C26H25N4/c1-15-12-21-13-19-8-6-7-9-22(19)25(21)24(16(15)2)23-11-10-20(14-30(23)5)26-28-17(3)27-18(4)29-26/h6-12,14H,13H2,1-5H3/q+1. The predicted octanol–water partition coefficient (Wildman–Crippen LogP) is 4.83. The van der Waals surface area contributed by atoms with Gasteiger partial charge in [-0.1, -0.05) is 30.3 Å². The summed E-state index contributed by atoms with van der Waals surface area (Å²) in [6.07, 6.45) is 3.13. The Kier molecular flexibility index (Phi) is 4.24. The molecular weight excluding hydrogens is 368 g/mol. The summed E-state index contributed by atoms with van der Waals surface area (Å²) in [6.45, 7) is 8.26. The van der Waals surface area contributed by atoms with Gasteiger partial charge in [-0.2, -0.15) is 0 Å². The highest BCUT2D eigenvalue weighted by Crippen LogP contribution is 2.44. The second-order valence-electron chi connectivity index (χ2n) is 8.23. The predicted molar refractivity (Wildman–Crippen MR) is 119 cm³/mol. The van der Waals surface area contributed by atoms with Gasteiger partial charge in [0, 0.05) is 6.07 Å². The van der Waals surface area contributed by atoms with Gasteiger partial charge in [0.2, 0.25) is 5.69 Å². The van der Waals surface area contributed by atoms with Gasteiger partial charge < -0.3 is 0 Å². The van der Waals surface area contributed by atoms with E-state index in [2.05, 4.69) is 89.1 Å². The number of pyridine rings is 1. The van der Waals surface area contributed by atoms with E-state index < -0.39 is 0 Å². The number of fused-ring (bicyclic) bond motifs is 3. The van der Waals surface area contributed by atoms with Gasteiger partial charge in [-0.05, 0) is 73.6 Å². The van der Waals surface area contributed by atoms with Gasteiger partial charge in [0.15, 0.2) is 12.0 Å². The van der Waals surface area contributed by atoms with Crippen molar-refractivity contribution in [1.29, 1.82) is 0 Å². The minimum atomic E-state index is 0.721. The lowest BCUT2D eigenvalue weighted by Crippen LogP contribution is -2.31. The molecular formula is C26H25N4+. The summed E-state index contributed by atoms with van der Waals surface area (Å²) in [5, 5.41) is 0. The molecule has 2 aromatic heterocycles. The molecule has 148 valence electrons. The molecule has 0 amide bonds. The molecule has 1 aliphatic carbocycles. The summed E-state index contributed by atoms with van der Waals surface area (Å²) in [6, 6.07) is 15.5. The van der Waals surface area contributed by atoms with E-state index >= 15 is 0 Å². The molecule has 2 heterocycles. The first kappa shape index (κ1) is 18.6. The molecule has 2 aromatic carbocycles. The van der Waals surface area contributed by atoms with Crippen LogP contribution in [0.3, 0.4) is 0 Å². The molecule has 0 bridgehead atoms. The van der Waals surface area contributed by atoms with E-state index in [1.165, 1.54) is 44.6 Å². The second kappa shape index (κ2) is 6.84. The number of benzene rings is 2. The molecule has 5 rings (SSSR count). The van der Waals surface area contributed by atoms with Gasteiger partial charge >= 0.3 is 0 Å². The van der Waals surface area contributed by atoms with Crippen molar-refractivity contribution in [1.82, 2.24) is 15.0 Å². The summed E-state index contributed by atoms with van der Waals surface area (Å²) in [5.74, 6) is 2.21. The van der Waals surface area contributed by atoms with Crippen LogP contribution >= 0.6 is 0 Å². The Balaban J connectivity index is 1.71. The molecule has 1 aliphatic rings. The van der Waals surface area contributed by atoms with Gasteiger partial charge in [0.05, 0.1) is 11.1 Å². The molecule has 30 heavy (non-hydrogen) atoms. The first-order chi connectivity index (χ1) is 14.4. The van der Waals surface area contributed by atoms with Gasteiger partial charge in [-0.3, -0.25) is 0 Å². The van der Waals surface area contributed by atoms with Crippen molar-refractivity contribution in [2.45, 2.75) is 34.1 Å². The Morgan fingerprint density at radius 2 is 1.53 bits per heavy atom. The van der Waals surface area contributed by atoms with Crippen LogP contribution in [0.4, 0.5) is 0 Å². The molecule has 0 N–H and O–H groups in total. The highest BCUT2D eigenvalue weighted by molar-refractivity contribution is 5.91. The van der Waals surface area contributed by atoms with Crippen molar-refractivity contribution < 1.29 is 4.57 Å². The first-order valence-electron chi connectivity index (χ1n) is 10.3. The van der Waals surface area contributed by atoms with Crippen LogP contribution < -0.4 is 4.57 Å². The minimum absolute atomic E-state index is 0.721. The number of aryl methyl sites for hydroxylation is 4. The summed E-state index contributed by atoms with van der Waals surface area (Å²) in [7, 11) is 2.11. The lowest BCUT2D eigenvalue weighted by Gasteiger charge is -2.15. The first-order valence-corrected chi connectivity index (χ1v) is 10.3. The van der Waals surface area contributed by atoms with Crippen LogP contribution in [0.1, 0.15) is 33.9 Å². The zero-order valence-corrected chi connectivity index (χ0v) is 18.1. The van der Waals surface area contributed by atoms with Gasteiger partial charge in [0.1, 0.15) is 18.7 Å². The minimum Gasteiger partial charge on any atom is -0.219 e. The third-order valence-corrected chi connectivity index (χ3v) is 6.10. The molecule has 0 radical (unpaired) electrons. The molecule has 4 nitrogen and oxygen atoms in total. The highest BCUT2D eigenvalue weighted by atomic mass is 15.0. The maximum Gasteiger partial charge on any atom is 0.213 e. The topological polar surface area (TPSA) is 42.5 Å². The Morgan fingerprint density at radius 1 is 0.800 bits per heavy atom. The zero-order valence-electron chi connectivity index (χ0n) is 18.1. The number of hydrogen-bond donors (Lipinski definition) is 0. The summed E-state index contributed by atoms with van der Waals surface area (Å²) in [4.78, 5) is 13.4. The molecule has 0 spiro atoms. The normalized spacial score (nSPS) is 12.0. The van der Waals surface area contributed by atoms with Crippen molar-refractivity contribution in [2.75, 3.05) is 0 Å². The monoisotopic (exact) mass is 393 g/mol. The molecule has 0 unspecified atom stereocenters. The van der Waals surface area contributed by atoms with Gasteiger partial charge in [-0.25, -0.2) is 19.5 Å². The summed E-state index contributed by atoms with van der Waals surface area (Å²) < 4.78 is 2.20. The fraction of sp³-hybridized carbons (Fsp3) is 0.231. The van der Waals surface area contributed by atoms with Crippen molar-refractivity contribution in [3.63, 3.8) is 0 Å². The van der Waals surface area contributed by atoms with E-state index in [9.17, 15) is 0 Å². The fourth-order valence-corrected chi connectivity index (χ4v) is 4.62. The lowest BCUT2D eigenvalue weighted by atomic mass is 9.90. The zero-order chi connectivity index (χ0) is 21.0. The van der Waals surface area contributed by atoms with Crippen LogP contribution in [0.25, 0.3) is 33.8 Å². The van der Waals surface area contributed by atoms with Crippen molar-refractivity contribution >= 4 is 0 Å². The molecule has 0 atom stereocenters. The van der Waals surface area contributed by atoms with Crippen LogP contribution in [-0.4, -0.2) is 15.0 Å². The van der Waals surface area contributed by atoms with E-state index in [4.69, 9.17) is 0 Å². The highest BCUT2D eigenvalue weighted by Gasteiger charge is 2.28. The number of nitrogens with zero attached hydrogens (tertiary/aromatic N) is 4. The Bertz CT molecular complexity index is 1300. The van der Waals surface area contributed by atoms with Crippen molar-refractivity contribution in [2.24, 2.45) is 7.05 Å². The Labute approximate surface area is 177 Å². The van der Waals surface area contributed by atoms with E-state index in [1.807, 2.05) is 13.8 Å². The maximum absolute atomic E-state index is 4.53. The fourth-order valence-electron chi connectivity index (χ4n) is 4.62. The van der Waals surface area contributed by atoms with Crippen molar-refractivity contribution in [3.8, 4) is 33.8 Å². The van der Waals surface area contributed by atoms with E-state index in [-0.39, 0.29) is 0 Å². The SMILES string of the molecule is Cc1nc(C)nc(-c2ccc(-c3c(C)c(C)cc4c3-c3ccccc3C4)[n+](C)c2)n1. The van der Waals surface area contributed by atoms with Gasteiger partial charge in [0.25, 0.3) is 0 Å². The maximum atomic E-state index is 4.53. The van der Waals surface area contributed by atoms with Crippen LogP contribution in [0.5, 0.6) is 0 Å². The van der Waals surface area contributed by atoms with Crippen LogP contribution in [0.2, 0.25) is 0 Å². The average molecular weight is 394 g/mol. The molecule has 0 fully saturated rings. The van der Waals surface area contributed by atoms with Gasteiger partial charge in [-0.15, -0.1) is 0 Å². The molecule has 0 saturated heterocycles. The van der Waals surface area contributed by atoms with Crippen LogP contribution in [0, 0.1) is 27.7 Å². The van der Waals surface area contributed by atoms with E-state index in [0.29, 0.717) is 0 Å². The summed E-state index contributed by atoms with van der Waals surface area (Å²) in [5.41, 5.74) is 11.8. The largest absolute Gasteiger partial charge is 0.219 e. The van der Waals surface area contributed by atoms with Crippen LogP contribution in [-0.2, 0) is 13.5 Å². The molecule has 0 aliphatic heterocycles. The lowest BCUT2D eigenvalue weighted by molar-refractivity contribution is -0.659. The third-order valence-electron chi connectivity index (χ3n) is 6.10. The number of hydrogen-bond acceptors (Lipinski definition) is 3. The number of rotatable bonds is 2. The smallest absolute Gasteiger partial charge is 0.213 e. The summed E-state index contributed by atoms with van der Waals surface area (Å²) >= 11 is 0. The number of aromatic nitrogens is 4. The molecule has 4 heteroatoms. The third kappa shape index (κ3) is 2.91. The Morgan fingerprint density at radius 3 is 2.27 bits per heavy atom. The second-order valence-corrected chi connectivity index (χ2v) is 8.23. The quantitative estimate of drug-likeness (QED) is 0.403. The Hall–Kier alpha value is -3.40. The van der Waals surface area contributed by atoms with E-state index in [1.54, 1.807) is 0 Å². The molecule has 4 aromatic rings. The van der Waals surface area contributed by atoms with Crippen molar-refractivity contribution in [3.05, 3.63) is 82.6 Å². The average Bonchev–Trinajstić information content (AvgIpc) is 3.06.